The van der Waals surface area contributed by atoms with Gasteiger partial charge in [0, 0.05) is 26.2 Å². The van der Waals surface area contributed by atoms with E-state index in [0.717, 1.165) is 32.2 Å². The molecule has 1 aliphatic rings. The van der Waals surface area contributed by atoms with Gasteiger partial charge >= 0.3 is 0 Å². The molecule has 1 aliphatic heterocycles. The molecule has 1 saturated heterocycles. The van der Waals surface area contributed by atoms with Gasteiger partial charge in [-0.15, -0.1) is 0 Å². The molecule has 0 unspecified atom stereocenters. The van der Waals surface area contributed by atoms with Crippen molar-refractivity contribution in [3.63, 3.8) is 0 Å². The predicted molar refractivity (Wildman–Crippen MR) is 64.2 cm³/mol. The van der Waals surface area contributed by atoms with Crippen molar-refractivity contribution in [1.82, 2.24) is 9.80 Å². The highest BCUT2D eigenvalue weighted by Gasteiger charge is 2.15. The number of hydrogen-bond donors (Lipinski definition) is 0. The molecular formula is C12H26N2O. The van der Waals surface area contributed by atoms with E-state index in [4.69, 9.17) is 4.74 Å². The standard InChI is InChI=1S/C12H26N2O/c1-12(2)4-5-13(3)8-10-15-11-9-14-6-7-14/h12H,4-11H2,1-3H3. The first kappa shape index (κ1) is 12.9. The molecule has 0 aromatic heterocycles. The smallest absolute Gasteiger partial charge is 0.0594 e. The van der Waals surface area contributed by atoms with Crippen LogP contribution in [0.25, 0.3) is 0 Å². The summed E-state index contributed by atoms with van der Waals surface area (Å²) in [7, 11) is 2.18. The third kappa shape index (κ3) is 7.77. The summed E-state index contributed by atoms with van der Waals surface area (Å²) in [6, 6.07) is 0. The molecule has 0 saturated carbocycles. The molecule has 3 nitrogen and oxygen atoms in total. The maximum absolute atomic E-state index is 5.58. The summed E-state index contributed by atoms with van der Waals surface area (Å²) in [5.74, 6) is 0.802. The van der Waals surface area contributed by atoms with Crippen LogP contribution in [0, 0.1) is 5.92 Å². The van der Waals surface area contributed by atoms with Gasteiger partial charge in [0.05, 0.1) is 13.2 Å². The zero-order valence-corrected chi connectivity index (χ0v) is 10.5. The van der Waals surface area contributed by atoms with Crippen molar-refractivity contribution in [3.8, 4) is 0 Å². The SMILES string of the molecule is CC(C)CCN(C)CCOCCN1CC1. The Balaban J connectivity index is 1.80. The summed E-state index contributed by atoms with van der Waals surface area (Å²) < 4.78 is 5.58. The van der Waals surface area contributed by atoms with E-state index < -0.39 is 0 Å². The molecule has 1 rings (SSSR count). The molecule has 0 aliphatic carbocycles. The minimum Gasteiger partial charge on any atom is -0.379 e. The average molecular weight is 214 g/mol. The molecular weight excluding hydrogens is 188 g/mol. The average Bonchev–Trinajstić information content (AvgIpc) is 2.98. The number of ether oxygens (including phenoxy) is 1. The second-order valence-electron chi connectivity index (χ2n) is 4.94. The Morgan fingerprint density at radius 2 is 1.93 bits per heavy atom. The third-order valence-electron chi connectivity index (χ3n) is 2.80. The van der Waals surface area contributed by atoms with Crippen LogP contribution in [-0.2, 0) is 4.74 Å². The van der Waals surface area contributed by atoms with Crippen LogP contribution in [0.3, 0.4) is 0 Å². The quantitative estimate of drug-likeness (QED) is 0.425. The molecule has 0 amide bonds. The lowest BCUT2D eigenvalue weighted by atomic mass is 10.1. The van der Waals surface area contributed by atoms with Gasteiger partial charge in [0.25, 0.3) is 0 Å². The van der Waals surface area contributed by atoms with E-state index in [1.165, 1.54) is 26.1 Å². The number of nitrogens with zero attached hydrogens (tertiary/aromatic N) is 2. The lowest BCUT2D eigenvalue weighted by molar-refractivity contribution is 0.105. The summed E-state index contributed by atoms with van der Waals surface area (Å²) in [5, 5.41) is 0. The molecule has 1 fully saturated rings. The molecule has 0 aromatic rings. The first-order chi connectivity index (χ1) is 7.18. The monoisotopic (exact) mass is 214 g/mol. The summed E-state index contributed by atoms with van der Waals surface area (Å²) >= 11 is 0. The topological polar surface area (TPSA) is 15.5 Å². The lowest BCUT2D eigenvalue weighted by Gasteiger charge is -2.17. The molecule has 0 spiro atoms. The Hall–Kier alpha value is -0.120. The second-order valence-corrected chi connectivity index (χ2v) is 4.94. The van der Waals surface area contributed by atoms with E-state index in [1.807, 2.05) is 0 Å². The van der Waals surface area contributed by atoms with Crippen molar-refractivity contribution in [2.75, 3.05) is 53.0 Å². The zero-order valence-electron chi connectivity index (χ0n) is 10.5. The van der Waals surface area contributed by atoms with Crippen molar-refractivity contribution in [2.24, 2.45) is 5.92 Å². The van der Waals surface area contributed by atoms with Crippen LogP contribution in [0.2, 0.25) is 0 Å². The molecule has 1 heterocycles. The Morgan fingerprint density at radius 1 is 1.20 bits per heavy atom. The van der Waals surface area contributed by atoms with Gasteiger partial charge in [0.15, 0.2) is 0 Å². The highest BCUT2D eigenvalue weighted by molar-refractivity contribution is 4.71. The van der Waals surface area contributed by atoms with Gasteiger partial charge in [-0.2, -0.15) is 0 Å². The Bertz CT molecular complexity index is 158. The van der Waals surface area contributed by atoms with Crippen molar-refractivity contribution >= 4 is 0 Å². The highest BCUT2D eigenvalue weighted by Crippen LogP contribution is 2.02. The van der Waals surface area contributed by atoms with E-state index in [0.29, 0.717) is 0 Å². The minimum absolute atomic E-state index is 0.802. The van der Waals surface area contributed by atoms with Crippen LogP contribution < -0.4 is 0 Å². The first-order valence-electron chi connectivity index (χ1n) is 6.17. The normalized spacial score (nSPS) is 16.6. The summed E-state index contributed by atoms with van der Waals surface area (Å²) in [6.45, 7) is 12.2. The fraction of sp³-hybridized carbons (Fsp3) is 1.00. The molecule has 15 heavy (non-hydrogen) atoms. The Labute approximate surface area is 94.4 Å². The maximum Gasteiger partial charge on any atom is 0.0594 e. The Morgan fingerprint density at radius 3 is 2.53 bits per heavy atom. The molecule has 0 bridgehead atoms. The minimum atomic E-state index is 0.802. The second kappa shape index (κ2) is 7.20. The fourth-order valence-electron chi connectivity index (χ4n) is 1.40. The van der Waals surface area contributed by atoms with E-state index in [1.54, 1.807) is 0 Å². The van der Waals surface area contributed by atoms with Crippen LogP contribution in [0.15, 0.2) is 0 Å². The van der Waals surface area contributed by atoms with Gasteiger partial charge in [0.1, 0.15) is 0 Å². The summed E-state index contributed by atoms with van der Waals surface area (Å²) in [5.41, 5.74) is 0. The predicted octanol–water partition coefficient (Wildman–Crippen LogP) is 1.30. The van der Waals surface area contributed by atoms with E-state index in [2.05, 4.69) is 30.7 Å². The Kier molecular flexibility index (Phi) is 6.22. The molecule has 90 valence electrons. The van der Waals surface area contributed by atoms with Crippen LogP contribution in [0.1, 0.15) is 20.3 Å². The molecule has 0 atom stereocenters. The maximum atomic E-state index is 5.58. The molecule has 0 radical (unpaired) electrons. The number of rotatable bonds is 9. The van der Waals surface area contributed by atoms with Crippen molar-refractivity contribution in [2.45, 2.75) is 20.3 Å². The van der Waals surface area contributed by atoms with Crippen molar-refractivity contribution in [1.29, 1.82) is 0 Å². The lowest BCUT2D eigenvalue weighted by Crippen LogP contribution is -2.25. The molecule has 0 aromatic carbocycles. The van der Waals surface area contributed by atoms with Crippen LogP contribution >= 0.6 is 0 Å². The highest BCUT2D eigenvalue weighted by atomic mass is 16.5. The zero-order chi connectivity index (χ0) is 11.1. The van der Waals surface area contributed by atoms with E-state index in [-0.39, 0.29) is 0 Å². The number of likely N-dealkylation sites (N-methyl/N-ethyl adjacent to an activating group) is 1. The van der Waals surface area contributed by atoms with E-state index >= 15 is 0 Å². The largest absolute Gasteiger partial charge is 0.379 e. The van der Waals surface area contributed by atoms with Crippen molar-refractivity contribution in [3.05, 3.63) is 0 Å². The van der Waals surface area contributed by atoms with Crippen LogP contribution in [0.4, 0.5) is 0 Å². The van der Waals surface area contributed by atoms with Gasteiger partial charge in [0.2, 0.25) is 0 Å². The van der Waals surface area contributed by atoms with Gasteiger partial charge in [-0.1, -0.05) is 13.8 Å². The van der Waals surface area contributed by atoms with Gasteiger partial charge in [-0.05, 0) is 25.9 Å². The van der Waals surface area contributed by atoms with Crippen LogP contribution in [0.5, 0.6) is 0 Å². The van der Waals surface area contributed by atoms with Gasteiger partial charge in [-0.25, -0.2) is 0 Å². The molecule has 0 N–H and O–H groups in total. The first-order valence-corrected chi connectivity index (χ1v) is 6.17. The van der Waals surface area contributed by atoms with E-state index in [9.17, 15) is 0 Å². The fourth-order valence-corrected chi connectivity index (χ4v) is 1.40. The summed E-state index contributed by atoms with van der Waals surface area (Å²) in [6.07, 6.45) is 1.28. The number of hydrogen-bond acceptors (Lipinski definition) is 3. The summed E-state index contributed by atoms with van der Waals surface area (Å²) in [4.78, 5) is 4.75. The van der Waals surface area contributed by atoms with Crippen LogP contribution in [-0.4, -0.2) is 62.8 Å². The molecule has 3 heteroatoms. The third-order valence-corrected chi connectivity index (χ3v) is 2.80. The van der Waals surface area contributed by atoms with Gasteiger partial charge in [-0.3, -0.25) is 4.90 Å². The van der Waals surface area contributed by atoms with Gasteiger partial charge < -0.3 is 9.64 Å². The van der Waals surface area contributed by atoms with Crippen molar-refractivity contribution < 1.29 is 4.74 Å².